The highest BCUT2D eigenvalue weighted by atomic mass is 35.5. The van der Waals surface area contributed by atoms with Crippen LogP contribution in [0.2, 0.25) is 10.0 Å². The normalized spacial score (nSPS) is 15.1. The average molecular weight is 499 g/mol. The van der Waals surface area contributed by atoms with E-state index in [0.717, 1.165) is 16.0 Å². The highest BCUT2D eigenvalue weighted by Gasteiger charge is 2.35. The van der Waals surface area contributed by atoms with Crippen molar-refractivity contribution < 1.29 is 19.1 Å². The summed E-state index contributed by atoms with van der Waals surface area (Å²) in [6, 6.07) is 14.3. The van der Waals surface area contributed by atoms with Crippen molar-refractivity contribution in [3.63, 3.8) is 0 Å². The number of nitrogens with zero attached hydrogens (tertiary/aromatic N) is 2. The van der Waals surface area contributed by atoms with Crippen molar-refractivity contribution in [2.45, 2.75) is 26.9 Å². The smallest absolute Gasteiger partial charge is 0.271 e. The number of nitriles is 1. The lowest BCUT2D eigenvalue weighted by Gasteiger charge is -2.27. The van der Waals surface area contributed by atoms with Gasteiger partial charge in [-0.25, -0.2) is 0 Å². The van der Waals surface area contributed by atoms with Crippen LogP contribution < -0.4 is 4.74 Å². The number of ether oxygens (including phenoxy) is 2. The second kappa shape index (κ2) is 11.8. The zero-order valence-electron chi connectivity index (χ0n) is 18.9. The molecule has 6 nitrogen and oxygen atoms in total. The van der Waals surface area contributed by atoms with Gasteiger partial charge in [0, 0.05) is 40.9 Å². The van der Waals surface area contributed by atoms with E-state index >= 15 is 0 Å². The molecule has 0 saturated heterocycles. The van der Waals surface area contributed by atoms with E-state index in [2.05, 4.69) is 0 Å². The molecule has 0 fully saturated rings. The van der Waals surface area contributed by atoms with Gasteiger partial charge in [0.25, 0.3) is 11.8 Å². The monoisotopic (exact) mass is 498 g/mol. The highest BCUT2D eigenvalue weighted by Crippen LogP contribution is 2.28. The molecule has 1 aliphatic heterocycles. The topological polar surface area (TPSA) is 79.6 Å². The third kappa shape index (κ3) is 6.06. The summed E-state index contributed by atoms with van der Waals surface area (Å²) in [5.74, 6) is -0.361. The number of carbonyl (C=O) groups is 2. The fourth-order valence-corrected chi connectivity index (χ4v) is 3.89. The molecule has 176 valence electrons. The van der Waals surface area contributed by atoms with Gasteiger partial charge in [0.2, 0.25) is 0 Å². The molecule has 2 aromatic rings. The third-order valence-corrected chi connectivity index (χ3v) is 5.89. The molecular formula is C26H24Cl2N2O4. The maximum absolute atomic E-state index is 13.1. The zero-order valence-corrected chi connectivity index (χ0v) is 20.4. The lowest BCUT2D eigenvalue weighted by Crippen LogP contribution is -2.43. The van der Waals surface area contributed by atoms with Crippen LogP contribution in [-0.2, 0) is 20.9 Å². The van der Waals surface area contributed by atoms with Crippen LogP contribution in [0.3, 0.4) is 0 Å². The van der Waals surface area contributed by atoms with Crippen molar-refractivity contribution in [1.29, 1.82) is 5.26 Å². The predicted octanol–water partition coefficient (Wildman–Crippen LogP) is 5.59. The lowest BCUT2D eigenvalue weighted by molar-refractivity contribution is -0.140. The van der Waals surface area contributed by atoms with Crippen LogP contribution in [-0.4, -0.2) is 36.5 Å². The van der Waals surface area contributed by atoms with E-state index in [-0.39, 0.29) is 18.7 Å². The second-order valence-electron chi connectivity index (χ2n) is 7.58. The minimum Gasteiger partial charge on any atom is -0.489 e. The van der Waals surface area contributed by atoms with E-state index in [0.29, 0.717) is 46.6 Å². The minimum atomic E-state index is -0.566. The van der Waals surface area contributed by atoms with Crippen molar-refractivity contribution >= 4 is 41.1 Å². The molecule has 8 heteroatoms. The number of carbonyl (C=O) groups excluding carboxylic acids is 2. The minimum absolute atomic E-state index is 0.0259. The first-order chi connectivity index (χ1) is 16.3. The summed E-state index contributed by atoms with van der Waals surface area (Å²) in [5, 5.41) is 10.6. The summed E-state index contributed by atoms with van der Waals surface area (Å²) in [4.78, 5) is 26.8. The van der Waals surface area contributed by atoms with Gasteiger partial charge in [0.1, 0.15) is 24.0 Å². The standard InChI is InChI=1S/C26H24Cl2N2O4/c1-3-33-12-4-11-30-25(31)22(17(2)23(15-29)26(30)32)13-18-5-9-21(10-6-18)34-16-19-7-8-20(27)14-24(19)28/h5-10,13-14H,3-4,11-12,16H2,1-2H3/b22-13+. The Morgan fingerprint density at radius 1 is 1.09 bits per heavy atom. The third-order valence-electron chi connectivity index (χ3n) is 5.30. The van der Waals surface area contributed by atoms with Gasteiger partial charge in [0.15, 0.2) is 0 Å². The molecule has 0 bridgehead atoms. The van der Waals surface area contributed by atoms with Crippen LogP contribution in [0.15, 0.2) is 59.2 Å². The van der Waals surface area contributed by atoms with E-state index in [1.807, 2.05) is 13.0 Å². The summed E-state index contributed by atoms with van der Waals surface area (Å²) in [5.41, 5.74) is 2.21. The Labute approximate surface area is 209 Å². The van der Waals surface area contributed by atoms with Gasteiger partial charge in [-0.2, -0.15) is 5.26 Å². The summed E-state index contributed by atoms with van der Waals surface area (Å²) in [7, 11) is 0. The summed E-state index contributed by atoms with van der Waals surface area (Å²) >= 11 is 12.1. The maximum Gasteiger partial charge on any atom is 0.271 e. The number of amides is 2. The average Bonchev–Trinajstić information content (AvgIpc) is 2.82. The number of rotatable bonds is 9. The van der Waals surface area contributed by atoms with Gasteiger partial charge in [-0.05, 0) is 61.7 Å². The number of imide groups is 1. The first-order valence-electron chi connectivity index (χ1n) is 10.8. The summed E-state index contributed by atoms with van der Waals surface area (Å²) < 4.78 is 11.1. The first kappa shape index (κ1) is 25.5. The Kier molecular flexibility index (Phi) is 8.89. The number of hydrogen-bond donors (Lipinski definition) is 0. The second-order valence-corrected chi connectivity index (χ2v) is 8.42. The summed E-state index contributed by atoms with van der Waals surface area (Å²) in [6.45, 7) is 4.95. The van der Waals surface area contributed by atoms with E-state index in [1.54, 1.807) is 55.5 Å². The van der Waals surface area contributed by atoms with E-state index in [4.69, 9.17) is 32.7 Å². The number of hydrogen-bond acceptors (Lipinski definition) is 5. The van der Waals surface area contributed by atoms with Crippen molar-refractivity contribution in [3.05, 3.63) is 80.4 Å². The fraction of sp³-hybridized carbons (Fsp3) is 0.269. The number of benzene rings is 2. The summed E-state index contributed by atoms with van der Waals surface area (Å²) in [6.07, 6.45) is 2.18. The molecule has 3 rings (SSSR count). The van der Waals surface area contributed by atoms with Crippen molar-refractivity contribution in [2.24, 2.45) is 0 Å². The van der Waals surface area contributed by atoms with Gasteiger partial charge in [0.05, 0.1) is 0 Å². The van der Waals surface area contributed by atoms with Gasteiger partial charge in [-0.15, -0.1) is 0 Å². The molecule has 0 atom stereocenters. The Morgan fingerprint density at radius 3 is 2.47 bits per heavy atom. The molecule has 1 heterocycles. The molecule has 0 aliphatic carbocycles. The van der Waals surface area contributed by atoms with Crippen LogP contribution in [0.1, 0.15) is 31.4 Å². The Bertz CT molecular complexity index is 1180. The van der Waals surface area contributed by atoms with Crippen LogP contribution in [0.4, 0.5) is 0 Å². The molecule has 2 aromatic carbocycles. The van der Waals surface area contributed by atoms with E-state index in [1.165, 1.54) is 0 Å². The van der Waals surface area contributed by atoms with Crippen molar-refractivity contribution in [3.8, 4) is 11.8 Å². The SMILES string of the molecule is CCOCCCN1C(=O)C(C#N)=C(C)/C(=C\c2ccc(OCc3ccc(Cl)cc3Cl)cc2)C1=O. The molecule has 34 heavy (non-hydrogen) atoms. The highest BCUT2D eigenvalue weighted by molar-refractivity contribution is 6.35. The maximum atomic E-state index is 13.1. The van der Waals surface area contributed by atoms with Crippen molar-refractivity contribution in [2.75, 3.05) is 19.8 Å². The Balaban J connectivity index is 1.77. The van der Waals surface area contributed by atoms with Crippen LogP contribution in [0.5, 0.6) is 5.75 Å². The van der Waals surface area contributed by atoms with Crippen molar-refractivity contribution in [1.82, 2.24) is 4.90 Å². The van der Waals surface area contributed by atoms with E-state index in [9.17, 15) is 14.9 Å². The molecule has 0 radical (unpaired) electrons. The first-order valence-corrected chi connectivity index (χ1v) is 11.5. The molecule has 1 aliphatic rings. The molecule has 2 amide bonds. The molecule has 0 unspecified atom stereocenters. The zero-order chi connectivity index (χ0) is 24.7. The van der Waals surface area contributed by atoms with E-state index < -0.39 is 11.8 Å². The van der Waals surface area contributed by atoms with Crippen LogP contribution in [0, 0.1) is 11.3 Å². The largest absolute Gasteiger partial charge is 0.489 e. The quantitative estimate of drug-likeness (QED) is 0.255. The fourth-order valence-electron chi connectivity index (χ4n) is 3.43. The lowest BCUT2D eigenvalue weighted by atomic mass is 9.93. The van der Waals surface area contributed by atoms with Gasteiger partial charge < -0.3 is 9.47 Å². The molecule has 0 aromatic heterocycles. The van der Waals surface area contributed by atoms with Gasteiger partial charge in [-0.3, -0.25) is 14.5 Å². The molecule has 0 saturated carbocycles. The Morgan fingerprint density at radius 2 is 1.82 bits per heavy atom. The molecule has 0 N–H and O–H groups in total. The van der Waals surface area contributed by atoms with Gasteiger partial charge in [-0.1, -0.05) is 41.4 Å². The molecule has 0 spiro atoms. The number of halogens is 2. The Hall–Kier alpha value is -3.11. The predicted molar refractivity (Wildman–Crippen MR) is 131 cm³/mol. The molecular weight excluding hydrogens is 475 g/mol. The van der Waals surface area contributed by atoms with Crippen LogP contribution >= 0.6 is 23.2 Å². The van der Waals surface area contributed by atoms with Gasteiger partial charge >= 0.3 is 0 Å². The van der Waals surface area contributed by atoms with Crippen LogP contribution in [0.25, 0.3) is 6.08 Å².